The summed E-state index contributed by atoms with van der Waals surface area (Å²) in [7, 11) is 0. The normalized spacial score (nSPS) is 10.4. The first-order valence-electron chi connectivity index (χ1n) is 5.79. The van der Waals surface area contributed by atoms with Crippen molar-refractivity contribution in [1.82, 2.24) is 0 Å². The van der Waals surface area contributed by atoms with E-state index in [1.54, 1.807) is 6.07 Å². The Balaban J connectivity index is 2.34. The van der Waals surface area contributed by atoms with Gasteiger partial charge in [0.25, 0.3) is 0 Å². The lowest BCUT2D eigenvalue weighted by Crippen LogP contribution is -2.07. The number of aryl methyl sites for hydroxylation is 2. The number of carbonyl (C=O) groups excluding carboxylic acids is 1. The third kappa shape index (κ3) is 2.76. The first kappa shape index (κ1) is 13.1. The second-order valence-corrected chi connectivity index (χ2v) is 4.09. The van der Waals surface area contributed by atoms with Crippen molar-refractivity contribution in [3.05, 3.63) is 39.7 Å². The Morgan fingerprint density at radius 1 is 1.26 bits per heavy atom. The van der Waals surface area contributed by atoms with Gasteiger partial charge >= 0.3 is 12.1 Å². The van der Waals surface area contributed by atoms with E-state index in [0.29, 0.717) is 11.3 Å². The van der Waals surface area contributed by atoms with E-state index in [1.807, 2.05) is 19.9 Å². The molecule has 0 spiro atoms. The first-order valence-corrected chi connectivity index (χ1v) is 5.79. The molecule has 1 aromatic carbocycles. The average Bonchev–Trinajstić information content (AvgIpc) is 2.37. The fourth-order valence-electron chi connectivity index (χ4n) is 1.89. The molecule has 0 amide bonds. The van der Waals surface area contributed by atoms with Crippen LogP contribution in [0.2, 0.25) is 0 Å². The van der Waals surface area contributed by atoms with Crippen LogP contribution >= 0.6 is 0 Å². The van der Waals surface area contributed by atoms with Crippen LogP contribution < -0.4 is 10.4 Å². The predicted molar refractivity (Wildman–Crippen MR) is 69.1 cm³/mol. The number of hydrogen-bond acceptors (Lipinski definition) is 5. The zero-order chi connectivity index (χ0) is 13.8. The molecule has 1 heterocycles. The lowest BCUT2D eigenvalue weighted by molar-refractivity contribution is 0.199. The first-order chi connectivity index (χ1) is 9.13. The summed E-state index contributed by atoms with van der Waals surface area (Å²) in [5, 5.41) is 0.877. The lowest BCUT2D eigenvalue weighted by Gasteiger charge is -2.10. The largest absolute Gasteiger partial charge is 0.490 e. The van der Waals surface area contributed by atoms with E-state index < -0.39 is 0 Å². The molecule has 5 nitrogen and oxygen atoms in total. The van der Waals surface area contributed by atoms with Gasteiger partial charge in [0.15, 0.2) is 0 Å². The van der Waals surface area contributed by atoms with Crippen LogP contribution in [0.25, 0.3) is 11.0 Å². The van der Waals surface area contributed by atoms with Crippen molar-refractivity contribution in [2.24, 2.45) is 0 Å². The molecule has 19 heavy (non-hydrogen) atoms. The van der Waals surface area contributed by atoms with E-state index in [2.05, 4.69) is 4.74 Å². The Morgan fingerprint density at radius 3 is 2.79 bits per heavy atom. The Labute approximate surface area is 109 Å². The van der Waals surface area contributed by atoms with Gasteiger partial charge in [-0.25, -0.2) is 9.59 Å². The molecule has 1 radical (unpaired) electrons. The summed E-state index contributed by atoms with van der Waals surface area (Å²) < 4.78 is 15.1. The molecule has 0 atom stereocenters. The lowest BCUT2D eigenvalue weighted by atomic mass is 10.1. The Morgan fingerprint density at radius 2 is 2.05 bits per heavy atom. The van der Waals surface area contributed by atoms with Gasteiger partial charge < -0.3 is 13.9 Å². The van der Waals surface area contributed by atoms with E-state index in [4.69, 9.17) is 9.15 Å². The van der Waals surface area contributed by atoms with Crippen LogP contribution in [0.5, 0.6) is 5.75 Å². The highest BCUT2D eigenvalue weighted by Gasteiger charge is 2.09. The summed E-state index contributed by atoms with van der Waals surface area (Å²) in [5.41, 5.74) is 1.74. The Hall–Kier alpha value is -2.30. The van der Waals surface area contributed by atoms with Crippen molar-refractivity contribution in [2.75, 3.05) is 13.2 Å². The van der Waals surface area contributed by atoms with Gasteiger partial charge in [0, 0.05) is 17.0 Å². The number of fused-ring (bicyclic) bond motifs is 1. The van der Waals surface area contributed by atoms with Crippen LogP contribution in [0.4, 0.5) is 0 Å². The van der Waals surface area contributed by atoms with Gasteiger partial charge in [0.05, 0.1) is 0 Å². The molecule has 0 fully saturated rings. The molecular weight excluding hydrogens is 248 g/mol. The molecule has 2 rings (SSSR count). The fourth-order valence-corrected chi connectivity index (χ4v) is 1.89. The summed E-state index contributed by atoms with van der Waals surface area (Å²) in [6.07, 6.45) is 0. The Kier molecular flexibility index (Phi) is 3.85. The van der Waals surface area contributed by atoms with Crippen molar-refractivity contribution >= 4 is 17.4 Å². The molecule has 1 aromatic heterocycles. The summed E-state index contributed by atoms with van der Waals surface area (Å²) in [6, 6.07) is 5.09. The van der Waals surface area contributed by atoms with Gasteiger partial charge in [-0.1, -0.05) is 0 Å². The monoisotopic (exact) mass is 261 g/mol. The Bertz CT molecular complexity index is 657. The van der Waals surface area contributed by atoms with Crippen molar-refractivity contribution in [1.29, 1.82) is 0 Å². The highest BCUT2D eigenvalue weighted by Crippen LogP contribution is 2.27. The van der Waals surface area contributed by atoms with E-state index >= 15 is 0 Å². The van der Waals surface area contributed by atoms with Gasteiger partial charge in [-0.05, 0) is 31.5 Å². The zero-order valence-electron chi connectivity index (χ0n) is 10.7. The van der Waals surface area contributed by atoms with Crippen LogP contribution in [-0.4, -0.2) is 19.7 Å². The minimum Gasteiger partial charge on any atom is -0.490 e. The SMILES string of the molecule is Cc1cc(=O)oc2c(C)c(OCCO[C]=O)ccc12. The third-order valence-corrected chi connectivity index (χ3v) is 2.82. The second kappa shape index (κ2) is 5.56. The third-order valence-electron chi connectivity index (χ3n) is 2.82. The average molecular weight is 261 g/mol. The molecule has 2 aromatic rings. The second-order valence-electron chi connectivity index (χ2n) is 4.09. The topological polar surface area (TPSA) is 65.7 Å². The van der Waals surface area contributed by atoms with Crippen LogP contribution in [0, 0.1) is 13.8 Å². The van der Waals surface area contributed by atoms with Crippen molar-refractivity contribution in [3.63, 3.8) is 0 Å². The summed E-state index contributed by atoms with van der Waals surface area (Å²) >= 11 is 0. The molecule has 0 bridgehead atoms. The zero-order valence-corrected chi connectivity index (χ0v) is 10.7. The number of rotatable bonds is 5. The van der Waals surface area contributed by atoms with Crippen LogP contribution in [0.3, 0.4) is 0 Å². The van der Waals surface area contributed by atoms with E-state index in [1.165, 1.54) is 12.5 Å². The highest BCUT2D eigenvalue weighted by molar-refractivity contribution is 5.84. The molecule has 0 unspecified atom stereocenters. The maximum atomic E-state index is 11.4. The molecule has 0 aliphatic rings. The minimum atomic E-state index is -0.385. The quantitative estimate of drug-likeness (QED) is 0.607. The minimum absolute atomic E-state index is 0.124. The molecule has 5 heteroatoms. The molecule has 0 saturated heterocycles. The summed E-state index contributed by atoms with van der Waals surface area (Å²) in [6.45, 7) is 5.33. The van der Waals surface area contributed by atoms with Crippen LogP contribution in [-0.2, 0) is 9.53 Å². The fraction of sp³-hybridized carbons (Fsp3) is 0.286. The molecule has 0 N–H and O–H groups in total. The maximum absolute atomic E-state index is 11.4. The smallest absolute Gasteiger partial charge is 0.417 e. The summed E-state index contributed by atoms with van der Waals surface area (Å²) in [5.74, 6) is 0.593. The number of benzene rings is 1. The number of ether oxygens (including phenoxy) is 2. The predicted octanol–water partition coefficient (Wildman–Crippen LogP) is 1.87. The number of hydrogen-bond donors (Lipinski definition) is 0. The van der Waals surface area contributed by atoms with E-state index in [0.717, 1.165) is 16.5 Å². The van der Waals surface area contributed by atoms with Gasteiger partial charge in [-0.3, -0.25) is 0 Å². The van der Waals surface area contributed by atoms with Crippen molar-refractivity contribution in [3.8, 4) is 5.75 Å². The molecule has 0 saturated carbocycles. The van der Waals surface area contributed by atoms with Crippen LogP contribution in [0.15, 0.2) is 27.4 Å². The van der Waals surface area contributed by atoms with Crippen LogP contribution in [0.1, 0.15) is 11.1 Å². The van der Waals surface area contributed by atoms with Gasteiger partial charge in [-0.2, -0.15) is 0 Å². The van der Waals surface area contributed by atoms with Crippen molar-refractivity contribution < 1.29 is 18.7 Å². The molecule has 0 aliphatic carbocycles. The van der Waals surface area contributed by atoms with Gasteiger partial charge in [-0.15, -0.1) is 0 Å². The molecule has 0 aliphatic heterocycles. The highest BCUT2D eigenvalue weighted by atomic mass is 16.5. The van der Waals surface area contributed by atoms with Gasteiger partial charge in [0.2, 0.25) is 0 Å². The molecular formula is C14H13O5. The van der Waals surface area contributed by atoms with Crippen molar-refractivity contribution in [2.45, 2.75) is 13.8 Å². The molecule has 99 valence electrons. The summed E-state index contributed by atoms with van der Waals surface area (Å²) in [4.78, 5) is 21.3. The van der Waals surface area contributed by atoms with Gasteiger partial charge in [0.1, 0.15) is 24.5 Å². The maximum Gasteiger partial charge on any atom is 0.417 e. The van der Waals surface area contributed by atoms with E-state index in [9.17, 15) is 9.59 Å². The standard InChI is InChI=1S/C14H13O5/c1-9-7-13(16)19-14-10(2)12(4-3-11(9)14)18-6-5-17-8-15/h3-4,7H,5-6H2,1-2H3. The van der Waals surface area contributed by atoms with E-state index in [-0.39, 0.29) is 18.8 Å².